The fourth-order valence-electron chi connectivity index (χ4n) is 3.19. The highest BCUT2D eigenvalue weighted by Crippen LogP contribution is 2.38. The highest BCUT2D eigenvalue weighted by Gasteiger charge is 2.18. The van der Waals surface area contributed by atoms with Crippen LogP contribution in [0.3, 0.4) is 0 Å². The molecule has 0 spiro atoms. The average molecular weight is 496 g/mol. The lowest BCUT2D eigenvalue weighted by molar-refractivity contribution is 0.0975. The molecule has 9 nitrogen and oxygen atoms in total. The van der Waals surface area contributed by atoms with Crippen molar-refractivity contribution in [3.05, 3.63) is 71.8 Å². The van der Waals surface area contributed by atoms with Crippen molar-refractivity contribution in [2.45, 2.75) is 0 Å². The Labute approximate surface area is 208 Å². The first-order valence-corrected chi connectivity index (χ1v) is 10.8. The molecule has 0 radical (unpaired) electrons. The number of carbonyl (C=O) groups excluding carboxylic acids is 2. The molecular formula is C25H25N3O6S. The van der Waals surface area contributed by atoms with Crippen LogP contribution in [0.4, 0.5) is 11.4 Å². The maximum Gasteiger partial charge on any atom is 0.257 e. The molecule has 0 aliphatic carbocycles. The highest BCUT2D eigenvalue weighted by molar-refractivity contribution is 7.80. The van der Waals surface area contributed by atoms with Gasteiger partial charge in [0.1, 0.15) is 5.75 Å². The number of hydrogen-bond donors (Lipinski definition) is 3. The van der Waals surface area contributed by atoms with Gasteiger partial charge in [0.25, 0.3) is 11.8 Å². The Hall–Kier alpha value is -4.31. The monoisotopic (exact) mass is 495 g/mol. The van der Waals surface area contributed by atoms with E-state index in [1.165, 1.54) is 40.6 Å². The predicted molar refractivity (Wildman–Crippen MR) is 137 cm³/mol. The van der Waals surface area contributed by atoms with Gasteiger partial charge >= 0.3 is 0 Å². The van der Waals surface area contributed by atoms with Crippen LogP contribution in [0.5, 0.6) is 23.0 Å². The number of hydrogen-bond acceptors (Lipinski definition) is 7. The van der Waals surface area contributed by atoms with E-state index in [1.54, 1.807) is 48.5 Å². The number of nitrogens with one attached hydrogen (secondary N) is 3. The zero-order valence-corrected chi connectivity index (χ0v) is 20.4. The number of thiocarbonyl (C=S) groups is 1. The Bertz CT molecular complexity index is 1220. The number of anilines is 2. The summed E-state index contributed by atoms with van der Waals surface area (Å²) in [7, 11) is 5.94. The lowest BCUT2D eigenvalue weighted by Crippen LogP contribution is -2.34. The van der Waals surface area contributed by atoms with E-state index in [9.17, 15) is 9.59 Å². The molecule has 0 fully saturated rings. The van der Waals surface area contributed by atoms with Crippen LogP contribution in [-0.4, -0.2) is 45.4 Å². The van der Waals surface area contributed by atoms with Crippen LogP contribution in [0, 0.1) is 0 Å². The Morgan fingerprint density at radius 2 is 1.31 bits per heavy atom. The summed E-state index contributed by atoms with van der Waals surface area (Å²) in [5, 5.41) is 8.44. The van der Waals surface area contributed by atoms with E-state index in [0.29, 0.717) is 39.9 Å². The number of amides is 2. The third kappa shape index (κ3) is 6.39. The Morgan fingerprint density at radius 3 is 1.91 bits per heavy atom. The van der Waals surface area contributed by atoms with E-state index in [2.05, 4.69) is 16.0 Å². The van der Waals surface area contributed by atoms with E-state index in [0.717, 1.165) is 0 Å². The second-order valence-electron chi connectivity index (χ2n) is 7.09. The van der Waals surface area contributed by atoms with Crippen molar-refractivity contribution in [1.29, 1.82) is 0 Å². The minimum absolute atomic E-state index is 0.0695. The van der Waals surface area contributed by atoms with Crippen LogP contribution in [0.1, 0.15) is 20.7 Å². The molecule has 0 bridgehead atoms. The largest absolute Gasteiger partial charge is 0.497 e. The van der Waals surface area contributed by atoms with Crippen molar-refractivity contribution in [2.24, 2.45) is 0 Å². The number of carbonyl (C=O) groups is 2. The molecule has 2 amide bonds. The van der Waals surface area contributed by atoms with Crippen molar-refractivity contribution < 1.29 is 28.5 Å². The standard InChI is InChI=1S/C25H25N3O6S/c1-31-19-10-5-7-15(11-19)23(29)26-17-8-6-9-18(14-17)27-25(35)28-24(30)16-12-20(32-2)22(34-4)21(13-16)33-3/h5-14H,1-4H3,(H,26,29)(H2,27,28,30,35). The van der Waals surface area contributed by atoms with Gasteiger partial charge in [-0.1, -0.05) is 12.1 Å². The van der Waals surface area contributed by atoms with Crippen molar-refractivity contribution in [2.75, 3.05) is 39.1 Å². The summed E-state index contributed by atoms with van der Waals surface area (Å²) >= 11 is 5.29. The molecule has 0 atom stereocenters. The summed E-state index contributed by atoms with van der Waals surface area (Å²) in [6.45, 7) is 0. The lowest BCUT2D eigenvalue weighted by Gasteiger charge is -2.15. The van der Waals surface area contributed by atoms with E-state index >= 15 is 0 Å². The van der Waals surface area contributed by atoms with E-state index in [4.69, 9.17) is 31.2 Å². The Morgan fingerprint density at radius 1 is 0.686 bits per heavy atom. The minimum atomic E-state index is -0.468. The van der Waals surface area contributed by atoms with Gasteiger partial charge in [0, 0.05) is 22.5 Å². The summed E-state index contributed by atoms with van der Waals surface area (Å²) in [6.07, 6.45) is 0. The van der Waals surface area contributed by atoms with Gasteiger partial charge in [0.05, 0.1) is 28.4 Å². The summed E-state index contributed by atoms with van der Waals surface area (Å²) in [4.78, 5) is 25.3. The van der Waals surface area contributed by atoms with E-state index in [1.807, 2.05) is 0 Å². The molecule has 3 aromatic carbocycles. The maximum atomic E-state index is 12.7. The number of methoxy groups -OCH3 is 4. The highest BCUT2D eigenvalue weighted by atomic mass is 32.1. The lowest BCUT2D eigenvalue weighted by atomic mass is 10.1. The van der Waals surface area contributed by atoms with Crippen LogP contribution < -0.4 is 34.9 Å². The second kappa shape index (κ2) is 11.7. The number of ether oxygens (including phenoxy) is 4. The third-order valence-corrected chi connectivity index (χ3v) is 5.07. The summed E-state index contributed by atoms with van der Waals surface area (Å²) in [6, 6.07) is 16.8. The first kappa shape index (κ1) is 25.3. The summed E-state index contributed by atoms with van der Waals surface area (Å²) < 4.78 is 21.0. The van der Waals surface area contributed by atoms with E-state index < -0.39 is 5.91 Å². The van der Waals surface area contributed by atoms with Crippen molar-refractivity contribution in [1.82, 2.24) is 5.32 Å². The molecule has 0 heterocycles. The molecule has 3 aromatic rings. The van der Waals surface area contributed by atoms with Gasteiger partial charge < -0.3 is 29.6 Å². The molecule has 0 saturated heterocycles. The van der Waals surface area contributed by atoms with E-state index in [-0.39, 0.29) is 16.6 Å². The molecule has 0 aromatic heterocycles. The van der Waals surface area contributed by atoms with Gasteiger partial charge in [-0.2, -0.15) is 0 Å². The molecule has 0 unspecified atom stereocenters. The van der Waals surface area contributed by atoms with Crippen LogP contribution in [-0.2, 0) is 0 Å². The van der Waals surface area contributed by atoms with Crippen LogP contribution in [0.15, 0.2) is 60.7 Å². The van der Waals surface area contributed by atoms with Crippen molar-refractivity contribution >= 4 is 40.5 Å². The molecule has 0 aliphatic heterocycles. The molecule has 0 saturated carbocycles. The van der Waals surface area contributed by atoms with Gasteiger partial charge in [-0.25, -0.2) is 0 Å². The second-order valence-corrected chi connectivity index (χ2v) is 7.50. The first-order chi connectivity index (χ1) is 16.9. The number of rotatable bonds is 8. The topological polar surface area (TPSA) is 107 Å². The summed E-state index contributed by atoms with van der Waals surface area (Å²) in [5.74, 6) is 0.885. The molecule has 182 valence electrons. The number of benzene rings is 3. The van der Waals surface area contributed by atoms with Crippen LogP contribution in [0.2, 0.25) is 0 Å². The van der Waals surface area contributed by atoms with Gasteiger partial charge in [0.15, 0.2) is 16.6 Å². The first-order valence-electron chi connectivity index (χ1n) is 10.4. The third-order valence-electron chi connectivity index (χ3n) is 4.86. The normalized spacial score (nSPS) is 10.1. The van der Waals surface area contributed by atoms with Crippen LogP contribution >= 0.6 is 12.2 Å². The average Bonchev–Trinajstić information content (AvgIpc) is 2.87. The predicted octanol–water partition coefficient (Wildman–Crippen LogP) is 4.10. The zero-order chi connectivity index (χ0) is 25.4. The summed E-state index contributed by atoms with van der Waals surface area (Å²) in [5.41, 5.74) is 1.84. The SMILES string of the molecule is COc1cccc(C(=O)Nc2cccc(NC(=S)NC(=O)c3cc(OC)c(OC)c(OC)c3)c2)c1. The zero-order valence-electron chi connectivity index (χ0n) is 19.6. The van der Waals surface area contributed by atoms with Gasteiger partial charge in [-0.15, -0.1) is 0 Å². The molecule has 35 heavy (non-hydrogen) atoms. The van der Waals surface area contributed by atoms with Gasteiger partial charge in [-0.05, 0) is 60.7 Å². The fourth-order valence-corrected chi connectivity index (χ4v) is 3.40. The van der Waals surface area contributed by atoms with Crippen molar-refractivity contribution in [3.63, 3.8) is 0 Å². The molecular weight excluding hydrogens is 470 g/mol. The van der Waals surface area contributed by atoms with Crippen LogP contribution in [0.25, 0.3) is 0 Å². The smallest absolute Gasteiger partial charge is 0.257 e. The maximum absolute atomic E-state index is 12.7. The van der Waals surface area contributed by atoms with Gasteiger partial charge in [-0.3, -0.25) is 14.9 Å². The molecule has 3 rings (SSSR count). The fraction of sp³-hybridized carbons (Fsp3) is 0.160. The molecule has 3 N–H and O–H groups in total. The molecule has 0 aliphatic rings. The Balaban J connectivity index is 1.67. The van der Waals surface area contributed by atoms with Gasteiger partial charge in [0.2, 0.25) is 5.75 Å². The molecule has 10 heteroatoms. The minimum Gasteiger partial charge on any atom is -0.497 e. The Kier molecular flexibility index (Phi) is 8.47. The quantitative estimate of drug-likeness (QED) is 0.401. The van der Waals surface area contributed by atoms with Crippen molar-refractivity contribution in [3.8, 4) is 23.0 Å².